The first kappa shape index (κ1) is 24.6. The number of anilines is 1. The molecule has 0 aliphatic rings. The van der Waals surface area contributed by atoms with E-state index in [1.54, 1.807) is 19.1 Å². The number of alkyl halides is 3. The summed E-state index contributed by atoms with van der Waals surface area (Å²) in [5.74, 6) is -1.91. The van der Waals surface area contributed by atoms with Crippen LogP contribution in [0.2, 0.25) is 5.02 Å². The van der Waals surface area contributed by atoms with Crippen LogP contribution in [-0.4, -0.2) is 33.4 Å². The molecule has 0 radical (unpaired) electrons. The maximum atomic E-state index is 13.0. The van der Waals surface area contributed by atoms with Gasteiger partial charge in [0.1, 0.15) is 0 Å². The molecule has 0 aliphatic carbocycles. The van der Waals surface area contributed by atoms with E-state index in [1.165, 1.54) is 18.2 Å². The van der Waals surface area contributed by atoms with Gasteiger partial charge < -0.3 is 10.1 Å². The SMILES string of the molecule is Cc1ccc(S(=O)(=O)NCCC(=O)OCC(=O)Nc2ccc(Cl)cc2C(F)(F)F)cc1. The molecule has 0 unspecified atom stereocenters. The summed E-state index contributed by atoms with van der Waals surface area (Å²) in [6.07, 6.45) is -5.13. The van der Waals surface area contributed by atoms with Gasteiger partial charge in [-0.15, -0.1) is 0 Å². The van der Waals surface area contributed by atoms with Gasteiger partial charge in [0.25, 0.3) is 5.91 Å². The van der Waals surface area contributed by atoms with Crippen LogP contribution in [0, 0.1) is 6.92 Å². The molecule has 0 spiro atoms. The highest BCUT2D eigenvalue weighted by Gasteiger charge is 2.34. The number of hydrogen-bond donors (Lipinski definition) is 2. The fraction of sp³-hybridized carbons (Fsp3) is 0.263. The Morgan fingerprint density at radius 3 is 2.35 bits per heavy atom. The lowest BCUT2D eigenvalue weighted by Crippen LogP contribution is -2.28. The van der Waals surface area contributed by atoms with Crippen LogP contribution in [0.4, 0.5) is 18.9 Å². The highest BCUT2D eigenvalue weighted by molar-refractivity contribution is 7.89. The van der Waals surface area contributed by atoms with Crippen molar-refractivity contribution in [1.82, 2.24) is 4.72 Å². The molecule has 1 amide bonds. The van der Waals surface area contributed by atoms with Gasteiger partial charge in [0.2, 0.25) is 10.0 Å². The van der Waals surface area contributed by atoms with Crippen LogP contribution < -0.4 is 10.0 Å². The molecular formula is C19H18ClF3N2O5S. The van der Waals surface area contributed by atoms with Crippen LogP contribution in [0.25, 0.3) is 0 Å². The Kier molecular flexibility index (Phi) is 8.04. The van der Waals surface area contributed by atoms with Gasteiger partial charge in [-0.1, -0.05) is 29.3 Å². The van der Waals surface area contributed by atoms with Crippen molar-refractivity contribution >= 4 is 39.2 Å². The molecule has 168 valence electrons. The molecule has 0 aromatic heterocycles. The molecule has 0 heterocycles. The molecule has 0 aliphatic heterocycles. The van der Waals surface area contributed by atoms with Crippen LogP contribution in [0.1, 0.15) is 17.5 Å². The number of halogens is 4. The van der Waals surface area contributed by atoms with Gasteiger partial charge in [-0.25, -0.2) is 13.1 Å². The summed E-state index contributed by atoms with van der Waals surface area (Å²) < 4.78 is 70.1. The normalized spacial score (nSPS) is 11.8. The summed E-state index contributed by atoms with van der Waals surface area (Å²) in [7, 11) is -3.82. The minimum Gasteiger partial charge on any atom is -0.456 e. The number of carbonyl (C=O) groups is 2. The van der Waals surface area contributed by atoms with Crippen molar-refractivity contribution in [2.24, 2.45) is 0 Å². The van der Waals surface area contributed by atoms with Gasteiger partial charge in [-0.3, -0.25) is 9.59 Å². The molecule has 2 aromatic rings. The van der Waals surface area contributed by atoms with E-state index in [0.29, 0.717) is 6.07 Å². The number of hydrogen-bond acceptors (Lipinski definition) is 5. The molecule has 0 fully saturated rings. The topological polar surface area (TPSA) is 102 Å². The first-order valence-corrected chi connectivity index (χ1v) is 10.6. The lowest BCUT2D eigenvalue weighted by atomic mass is 10.1. The maximum absolute atomic E-state index is 13.0. The lowest BCUT2D eigenvalue weighted by molar-refractivity contribution is -0.147. The van der Waals surface area contributed by atoms with Crippen LogP contribution in [-0.2, 0) is 30.5 Å². The average molecular weight is 479 g/mol. The van der Waals surface area contributed by atoms with Gasteiger partial charge >= 0.3 is 12.1 Å². The third-order valence-corrected chi connectivity index (χ3v) is 5.59. The van der Waals surface area contributed by atoms with Crippen LogP contribution >= 0.6 is 11.6 Å². The van der Waals surface area contributed by atoms with Crippen molar-refractivity contribution in [2.75, 3.05) is 18.5 Å². The molecule has 0 bridgehead atoms. The minimum absolute atomic E-state index is 0.0225. The Hall–Kier alpha value is -2.63. The summed E-state index contributed by atoms with van der Waals surface area (Å²) in [6, 6.07) is 8.85. The number of benzene rings is 2. The number of rotatable bonds is 8. The number of aryl methyl sites for hydroxylation is 1. The molecule has 0 saturated heterocycles. The second-order valence-corrected chi connectivity index (χ2v) is 8.56. The molecule has 7 nitrogen and oxygen atoms in total. The summed E-state index contributed by atoms with van der Waals surface area (Å²) in [5.41, 5.74) is -0.809. The standard InChI is InChI=1S/C19H18ClF3N2O5S/c1-12-2-5-14(6-3-12)31(28,29)24-9-8-18(27)30-11-17(26)25-16-7-4-13(20)10-15(16)19(21,22)23/h2-7,10,24H,8-9,11H2,1H3,(H,25,26). The van der Waals surface area contributed by atoms with Crippen molar-refractivity contribution < 1.29 is 35.9 Å². The van der Waals surface area contributed by atoms with Gasteiger partial charge in [0.15, 0.2) is 6.61 Å². The Bertz CT molecular complexity index is 1060. The van der Waals surface area contributed by atoms with Crippen molar-refractivity contribution in [3.8, 4) is 0 Å². The van der Waals surface area contributed by atoms with Gasteiger partial charge in [-0.05, 0) is 37.3 Å². The van der Waals surface area contributed by atoms with Crippen LogP contribution in [0.5, 0.6) is 0 Å². The monoisotopic (exact) mass is 478 g/mol. The number of sulfonamides is 1. The van der Waals surface area contributed by atoms with E-state index in [2.05, 4.69) is 9.46 Å². The third kappa shape index (κ3) is 7.53. The quantitative estimate of drug-likeness (QED) is 0.565. The predicted molar refractivity (Wildman–Crippen MR) is 107 cm³/mol. The van der Waals surface area contributed by atoms with Gasteiger partial charge in [-0.2, -0.15) is 13.2 Å². The van der Waals surface area contributed by atoms with Crippen molar-refractivity contribution in [3.63, 3.8) is 0 Å². The molecule has 0 atom stereocenters. The average Bonchev–Trinajstić information content (AvgIpc) is 2.67. The molecular weight excluding hydrogens is 461 g/mol. The van der Waals surface area contributed by atoms with E-state index in [-0.39, 0.29) is 22.9 Å². The third-order valence-electron chi connectivity index (χ3n) is 3.88. The van der Waals surface area contributed by atoms with E-state index < -0.39 is 45.9 Å². The van der Waals surface area contributed by atoms with E-state index in [1.807, 2.05) is 5.32 Å². The first-order valence-electron chi connectivity index (χ1n) is 8.77. The number of nitrogens with one attached hydrogen (secondary N) is 2. The molecule has 12 heteroatoms. The zero-order valence-corrected chi connectivity index (χ0v) is 17.7. The Morgan fingerprint density at radius 1 is 1.10 bits per heavy atom. The smallest absolute Gasteiger partial charge is 0.418 e. The molecule has 2 rings (SSSR count). The van der Waals surface area contributed by atoms with Crippen molar-refractivity contribution in [1.29, 1.82) is 0 Å². The van der Waals surface area contributed by atoms with E-state index in [0.717, 1.165) is 11.6 Å². The highest BCUT2D eigenvalue weighted by Crippen LogP contribution is 2.36. The second kappa shape index (κ2) is 10.1. The van der Waals surface area contributed by atoms with Gasteiger partial charge in [0, 0.05) is 11.6 Å². The van der Waals surface area contributed by atoms with Gasteiger partial charge in [0.05, 0.1) is 22.6 Å². The van der Waals surface area contributed by atoms with E-state index in [4.69, 9.17) is 11.6 Å². The first-order chi connectivity index (χ1) is 14.4. The molecule has 2 N–H and O–H groups in total. The zero-order chi connectivity index (χ0) is 23.2. The lowest BCUT2D eigenvalue weighted by Gasteiger charge is -2.14. The Labute approximate surface area is 181 Å². The Balaban J connectivity index is 1.83. The predicted octanol–water partition coefficient (Wildman–Crippen LogP) is 3.52. The van der Waals surface area contributed by atoms with Crippen LogP contribution in [0.3, 0.4) is 0 Å². The molecule has 31 heavy (non-hydrogen) atoms. The summed E-state index contributed by atoms with van der Waals surface area (Å²) in [4.78, 5) is 23.6. The summed E-state index contributed by atoms with van der Waals surface area (Å²) in [5, 5.41) is 1.84. The fourth-order valence-electron chi connectivity index (χ4n) is 2.35. The number of carbonyl (C=O) groups excluding carboxylic acids is 2. The van der Waals surface area contributed by atoms with Crippen LogP contribution in [0.15, 0.2) is 47.4 Å². The van der Waals surface area contributed by atoms with E-state index >= 15 is 0 Å². The van der Waals surface area contributed by atoms with Crippen molar-refractivity contribution in [2.45, 2.75) is 24.4 Å². The number of amides is 1. The minimum atomic E-state index is -4.75. The Morgan fingerprint density at radius 2 is 1.74 bits per heavy atom. The number of ether oxygens (including phenoxy) is 1. The van der Waals surface area contributed by atoms with E-state index in [9.17, 15) is 31.2 Å². The largest absolute Gasteiger partial charge is 0.456 e. The maximum Gasteiger partial charge on any atom is 0.418 e. The zero-order valence-electron chi connectivity index (χ0n) is 16.1. The fourth-order valence-corrected chi connectivity index (χ4v) is 3.56. The second-order valence-electron chi connectivity index (χ2n) is 6.36. The molecule has 2 aromatic carbocycles. The number of esters is 1. The van der Waals surface area contributed by atoms with Crippen molar-refractivity contribution in [3.05, 3.63) is 58.6 Å². The highest BCUT2D eigenvalue weighted by atomic mass is 35.5. The summed E-state index contributed by atoms with van der Waals surface area (Å²) in [6.45, 7) is 0.669. The summed E-state index contributed by atoms with van der Waals surface area (Å²) >= 11 is 5.56. The molecule has 0 saturated carbocycles.